The van der Waals surface area contributed by atoms with Crippen molar-refractivity contribution in [2.24, 2.45) is 0 Å². The Morgan fingerprint density at radius 3 is 2.82 bits per heavy atom. The molecule has 0 amide bonds. The summed E-state index contributed by atoms with van der Waals surface area (Å²) in [5.41, 5.74) is 0.973. The molecule has 0 fully saturated rings. The van der Waals surface area contributed by atoms with Gasteiger partial charge in [-0.05, 0) is 5.39 Å². The van der Waals surface area contributed by atoms with E-state index in [1.807, 2.05) is 30.5 Å². The van der Waals surface area contributed by atoms with E-state index in [0.717, 1.165) is 27.6 Å². The zero-order chi connectivity index (χ0) is 11.7. The van der Waals surface area contributed by atoms with Crippen molar-refractivity contribution in [2.75, 3.05) is 0 Å². The third-order valence-electron chi connectivity index (χ3n) is 2.54. The maximum absolute atomic E-state index is 10.7. The molecule has 2 aromatic heterocycles. The number of carbonyl (C=O) groups is 1. The number of hydrogen-bond donors (Lipinski definition) is 0. The van der Waals surface area contributed by atoms with Crippen molar-refractivity contribution in [3.63, 3.8) is 0 Å². The normalized spacial score (nSPS) is 10.6. The number of nitrogens with zero attached hydrogens (tertiary/aromatic N) is 2. The van der Waals surface area contributed by atoms with E-state index in [4.69, 9.17) is 0 Å². The molecular weight excluding hydrogens is 232 g/mol. The van der Waals surface area contributed by atoms with Gasteiger partial charge in [-0.3, -0.25) is 9.78 Å². The topological polar surface area (TPSA) is 42.9 Å². The van der Waals surface area contributed by atoms with Crippen LogP contribution in [-0.2, 0) is 0 Å². The number of pyridine rings is 1. The van der Waals surface area contributed by atoms with E-state index in [0.29, 0.717) is 4.88 Å². The van der Waals surface area contributed by atoms with Crippen LogP contribution < -0.4 is 0 Å². The molecule has 3 nitrogen and oxygen atoms in total. The zero-order valence-corrected chi connectivity index (χ0v) is 9.65. The standard InChI is InChI=1S/C13H8N2OS/c16-8-10-6-15-13(17-10)12-7-14-5-9-3-1-2-4-11(9)12/h1-8H. The zero-order valence-electron chi connectivity index (χ0n) is 8.83. The van der Waals surface area contributed by atoms with Gasteiger partial charge in [0.15, 0.2) is 6.29 Å². The molecule has 17 heavy (non-hydrogen) atoms. The summed E-state index contributed by atoms with van der Waals surface area (Å²) in [6, 6.07) is 8.01. The van der Waals surface area contributed by atoms with Crippen LogP contribution in [0.25, 0.3) is 21.3 Å². The van der Waals surface area contributed by atoms with Gasteiger partial charge in [0.2, 0.25) is 0 Å². The average molecular weight is 240 g/mol. The van der Waals surface area contributed by atoms with E-state index in [1.54, 1.807) is 12.4 Å². The fourth-order valence-corrected chi connectivity index (χ4v) is 2.51. The van der Waals surface area contributed by atoms with Crippen molar-refractivity contribution in [3.05, 3.63) is 47.7 Å². The van der Waals surface area contributed by atoms with E-state index < -0.39 is 0 Å². The Labute approximate surface area is 102 Å². The fraction of sp³-hybridized carbons (Fsp3) is 0. The molecule has 3 rings (SSSR count). The molecule has 0 spiro atoms. The quantitative estimate of drug-likeness (QED) is 0.646. The van der Waals surface area contributed by atoms with Crippen LogP contribution in [0.5, 0.6) is 0 Å². The van der Waals surface area contributed by atoms with Gasteiger partial charge < -0.3 is 0 Å². The number of thiazole rings is 1. The molecule has 0 N–H and O–H groups in total. The van der Waals surface area contributed by atoms with Gasteiger partial charge in [-0.25, -0.2) is 4.98 Å². The minimum absolute atomic E-state index is 0.632. The van der Waals surface area contributed by atoms with E-state index in [-0.39, 0.29) is 0 Å². The van der Waals surface area contributed by atoms with Gasteiger partial charge in [-0.1, -0.05) is 24.3 Å². The lowest BCUT2D eigenvalue weighted by Crippen LogP contribution is -1.82. The number of aldehydes is 1. The monoisotopic (exact) mass is 240 g/mol. The first-order valence-corrected chi connectivity index (χ1v) is 5.94. The highest BCUT2D eigenvalue weighted by atomic mass is 32.1. The molecule has 0 saturated carbocycles. The minimum atomic E-state index is 0.632. The molecule has 4 heteroatoms. The first-order chi connectivity index (χ1) is 8.38. The number of hydrogen-bond acceptors (Lipinski definition) is 4. The van der Waals surface area contributed by atoms with Crippen LogP contribution in [0, 0.1) is 0 Å². The maximum atomic E-state index is 10.7. The second-order valence-electron chi connectivity index (χ2n) is 3.59. The molecular formula is C13H8N2OS. The van der Waals surface area contributed by atoms with Crippen LogP contribution in [0.2, 0.25) is 0 Å². The maximum Gasteiger partial charge on any atom is 0.161 e. The predicted octanol–water partition coefficient (Wildman–Crippen LogP) is 3.17. The molecule has 0 aliphatic heterocycles. The molecule has 0 unspecified atom stereocenters. The summed E-state index contributed by atoms with van der Waals surface area (Å²) in [5, 5.41) is 3.01. The highest BCUT2D eigenvalue weighted by Gasteiger charge is 2.08. The first-order valence-electron chi connectivity index (χ1n) is 5.12. The summed E-state index contributed by atoms with van der Waals surface area (Å²) in [6.07, 6.45) is 6.03. The summed E-state index contributed by atoms with van der Waals surface area (Å²) < 4.78 is 0. The Bertz CT molecular complexity index is 685. The Kier molecular flexibility index (Phi) is 2.42. The van der Waals surface area contributed by atoms with Gasteiger partial charge >= 0.3 is 0 Å². The third kappa shape index (κ3) is 1.72. The van der Waals surface area contributed by atoms with Crippen molar-refractivity contribution < 1.29 is 4.79 Å². The molecule has 0 radical (unpaired) electrons. The van der Waals surface area contributed by atoms with Crippen LogP contribution in [0.15, 0.2) is 42.9 Å². The van der Waals surface area contributed by atoms with Gasteiger partial charge in [0.05, 0.1) is 4.88 Å². The SMILES string of the molecule is O=Cc1cnc(-c2cncc3ccccc23)s1. The van der Waals surface area contributed by atoms with Crippen molar-refractivity contribution in [1.29, 1.82) is 0 Å². The molecule has 3 aromatic rings. The summed E-state index contributed by atoms with van der Waals surface area (Å²) in [6.45, 7) is 0. The van der Waals surface area contributed by atoms with Crippen LogP contribution in [0.1, 0.15) is 9.67 Å². The third-order valence-corrected chi connectivity index (χ3v) is 3.49. The predicted molar refractivity (Wildman–Crippen MR) is 68.2 cm³/mol. The van der Waals surface area contributed by atoms with Crippen LogP contribution in [-0.4, -0.2) is 16.3 Å². The summed E-state index contributed by atoms with van der Waals surface area (Å²) >= 11 is 1.38. The van der Waals surface area contributed by atoms with Crippen molar-refractivity contribution in [3.8, 4) is 10.6 Å². The number of fused-ring (bicyclic) bond motifs is 1. The number of rotatable bonds is 2. The van der Waals surface area contributed by atoms with Crippen molar-refractivity contribution in [2.45, 2.75) is 0 Å². The lowest BCUT2D eigenvalue weighted by molar-refractivity contribution is 0.112. The van der Waals surface area contributed by atoms with Crippen molar-refractivity contribution >= 4 is 28.4 Å². The van der Waals surface area contributed by atoms with Gasteiger partial charge in [0, 0.05) is 29.5 Å². The highest BCUT2D eigenvalue weighted by Crippen LogP contribution is 2.30. The van der Waals surface area contributed by atoms with Gasteiger partial charge in [0.1, 0.15) is 5.01 Å². The lowest BCUT2D eigenvalue weighted by Gasteiger charge is -2.01. The average Bonchev–Trinajstić information content (AvgIpc) is 2.87. The molecule has 2 heterocycles. The van der Waals surface area contributed by atoms with E-state index in [1.165, 1.54) is 11.3 Å². The second-order valence-corrected chi connectivity index (χ2v) is 4.66. The first kappa shape index (κ1) is 10.1. The van der Waals surface area contributed by atoms with Gasteiger partial charge in [-0.2, -0.15) is 0 Å². The molecule has 0 aliphatic carbocycles. The van der Waals surface area contributed by atoms with E-state index in [9.17, 15) is 4.79 Å². The molecule has 0 saturated heterocycles. The molecule has 82 valence electrons. The highest BCUT2D eigenvalue weighted by molar-refractivity contribution is 7.16. The lowest BCUT2D eigenvalue weighted by atomic mass is 10.1. The van der Waals surface area contributed by atoms with Crippen LogP contribution >= 0.6 is 11.3 Å². The molecule has 0 aliphatic rings. The summed E-state index contributed by atoms with van der Waals surface area (Å²) in [4.78, 5) is 19.8. The van der Waals surface area contributed by atoms with Gasteiger partial charge in [-0.15, -0.1) is 11.3 Å². The molecule has 1 aromatic carbocycles. The van der Waals surface area contributed by atoms with Crippen molar-refractivity contribution in [1.82, 2.24) is 9.97 Å². The Balaban J connectivity index is 2.26. The fourth-order valence-electron chi connectivity index (χ4n) is 1.75. The number of carbonyl (C=O) groups excluding carboxylic acids is 1. The Hall–Kier alpha value is -2.07. The van der Waals surface area contributed by atoms with E-state index in [2.05, 4.69) is 9.97 Å². The summed E-state index contributed by atoms with van der Waals surface area (Å²) in [7, 11) is 0. The van der Waals surface area contributed by atoms with Crippen LogP contribution in [0.3, 0.4) is 0 Å². The van der Waals surface area contributed by atoms with E-state index >= 15 is 0 Å². The minimum Gasteiger partial charge on any atom is -0.297 e. The number of aromatic nitrogens is 2. The largest absolute Gasteiger partial charge is 0.297 e. The Morgan fingerprint density at radius 2 is 2.00 bits per heavy atom. The number of benzene rings is 1. The van der Waals surface area contributed by atoms with Crippen LogP contribution in [0.4, 0.5) is 0 Å². The molecule has 0 bridgehead atoms. The molecule has 0 atom stereocenters. The van der Waals surface area contributed by atoms with Gasteiger partial charge in [0.25, 0.3) is 0 Å². The summed E-state index contributed by atoms with van der Waals surface area (Å²) in [5.74, 6) is 0. The second kappa shape index (κ2) is 4.07. The smallest absolute Gasteiger partial charge is 0.161 e. The Morgan fingerprint density at radius 1 is 1.12 bits per heavy atom.